The van der Waals surface area contributed by atoms with E-state index in [9.17, 15) is 5.11 Å². The van der Waals surface area contributed by atoms with Crippen LogP contribution in [0.2, 0.25) is 0 Å². The minimum Gasteiger partial charge on any atom is -0.392 e. The molecule has 2 nitrogen and oxygen atoms in total. The summed E-state index contributed by atoms with van der Waals surface area (Å²) in [5.74, 6) is 0. The van der Waals surface area contributed by atoms with Crippen LogP contribution >= 0.6 is 0 Å². The van der Waals surface area contributed by atoms with Crippen molar-refractivity contribution in [2.24, 2.45) is 4.99 Å². The Morgan fingerprint density at radius 3 is 2.50 bits per heavy atom. The van der Waals surface area contributed by atoms with E-state index in [2.05, 4.69) is 31.6 Å². The molecule has 24 heavy (non-hydrogen) atoms. The summed E-state index contributed by atoms with van der Waals surface area (Å²) in [5.41, 5.74) is 7.40. The third kappa shape index (κ3) is 4.33. The zero-order valence-corrected chi connectivity index (χ0v) is 15.0. The Morgan fingerprint density at radius 1 is 1.17 bits per heavy atom. The molecule has 0 radical (unpaired) electrons. The maximum Gasteiger partial charge on any atom is 0.0709 e. The standard InChI is InChI=1S/C22H29NO/c1-4-17-12-9-13-18(5-2)21(17)15-14-20(16-24)22(23-3)19-10-7-6-8-11-19/h6-8,10-12,24H,3-5,9,13-16H2,1-2H3/b22-20+. The molecule has 0 fully saturated rings. The van der Waals surface area contributed by atoms with E-state index < -0.39 is 0 Å². The zero-order chi connectivity index (χ0) is 17.4. The van der Waals surface area contributed by atoms with Crippen LogP contribution in [0.3, 0.4) is 0 Å². The van der Waals surface area contributed by atoms with Crippen molar-refractivity contribution in [2.75, 3.05) is 6.61 Å². The second-order valence-corrected chi connectivity index (χ2v) is 6.19. The average molecular weight is 323 g/mol. The number of aliphatic hydroxyl groups excluding tert-OH is 1. The molecule has 1 aromatic carbocycles. The Kier molecular flexibility index (Phi) is 7.20. The summed E-state index contributed by atoms with van der Waals surface area (Å²) in [7, 11) is 0. The predicted molar refractivity (Wildman–Crippen MR) is 104 cm³/mol. The molecule has 1 aromatic rings. The van der Waals surface area contributed by atoms with E-state index in [-0.39, 0.29) is 6.61 Å². The van der Waals surface area contributed by atoms with Gasteiger partial charge in [0.15, 0.2) is 0 Å². The first-order valence-electron chi connectivity index (χ1n) is 9.00. The van der Waals surface area contributed by atoms with Crippen LogP contribution < -0.4 is 0 Å². The molecule has 0 atom stereocenters. The maximum atomic E-state index is 9.89. The van der Waals surface area contributed by atoms with Gasteiger partial charge >= 0.3 is 0 Å². The van der Waals surface area contributed by atoms with Crippen LogP contribution in [0.25, 0.3) is 5.70 Å². The van der Waals surface area contributed by atoms with Gasteiger partial charge in [0.25, 0.3) is 0 Å². The van der Waals surface area contributed by atoms with Crippen molar-refractivity contribution in [2.45, 2.75) is 52.4 Å². The Labute approximate surface area is 146 Å². The molecule has 0 bridgehead atoms. The highest BCUT2D eigenvalue weighted by atomic mass is 16.3. The number of rotatable bonds is 8. The first-order chi connectivity index (χ1) is 11.7. The lowest BCUT2D eigenvalue weighted by atomic mass is 9.84. The Morgan fingerprint density at radius 2 is 1.92 bits per heavy atom. The van der Waals surface area contributed by atoms with Crippen LogP contribution in [0.1, 0.15) is 57.9 Å². The van der Waals surface area contributed by atoms with Crippen molar-refractivity contribution in [3.8, 4) is 0 Å². The molecule has 0 amide bonds. The summed E-state index contributed by atoms with van der Waals surface area (Å²) in [6.45, 7) is 8.23. The predicted octanol–water partition coefficient (Wildman–Crippen LogP) is 5.71. The molecule has 1 N–H and O–H groups in total. The molecule has 0 aromatic heterocycles. The first kappa shape index (κ1) is 18.4. The SMILES string of the molecule is C=N/C(=C(/CO)CCC1=C(CC)CCC=C1CC)c1ccccc1. The average Bonchev–Trinajstić information content (AvgIpc) is 2.65. The lowest BCUT2D eigenvalue weighted by molar-refractivity contribution is 0.327. The number of nitrogens with zero attached hydrogens (tertiary/aromatic N) is 1. The molecule has 2 heteroatoms. The second-order valence-electron chi connectivity index (χ2n) is 6.19. The third-order valence-electron chi connectivity index (χ3n) is 4.87. The van der Waals surface area contributed by atoms with Gasteiger partial charge in [-0.05, 0) is 62.0 Å². The summed E-state index contributed by atoms with van der Waals surface area (Å²) < 4.78 is 0. The minimum absolute atomic E-state index is 0.0309. The molecule has 0 heterocycles. The monoisotopic (exact) mass is 323 g/mol. The summed E-state index contributed by atoms with van der Waals surface area (Å²) >= 11 is 0. The van der Waals surface area contributed by atoms with Crippen molar-refractivity contribution in [1.29, 1.82) is 0 Å². The molecular formula is C22H29NO. The van der Waals surface area contributed by atoms with Gasteiger partial charge in [0.05, 0.1) is 12.3 Å². The summed E-state index contributed by atoms with van der Waals surface area (Å²) in [6, 6.07) is 10.0. The quantitative estimate of drug-likeness (QED) is 0.611. The van der Waals surface area contributed by atoms with E-state index in [1.54, 1.807) is 5.57 Å². The molecular weight excluding hydrogens is 294 g/mol. The van der Waals surface area contributed by atoms with Gasteiger partial charge in [-0.1, -0.05) is 55.8 Å². The topological polar surface area (TPSA) is 32.6 Å². The van der Waals surface area contributed by atoms with Crippen molar-refractivity contribution < 1.29 is 5.11 Å². The second kappa shape index (κ2) is 9.39. The molecule has 0 unspecified atom stereocenters. The van der Waals surface area contributed by atoms with Gasteiger partial charge in [-0.3, -0.25) is 4.99 Å². The molecule has 128 valence electrons. The largest absolute Gasteiger partial charge is 0.392 e. The Bertz CT molecular complexity index is 650. The fraction of sp³-hybridized carbons (Fsp3) is 0.409. The molecule has 0 aliphatic heterocycles. The highest BCUT2D eigenvalue weighted by molar-refractivity contribution is 5.71. The lowest BCUT2D eigenvalue weighted by Crippen LogP contribution is -2.04. The van der Waals surface area contributed by atoms with E-state index in [0.717, 1.165) is 42.5 Å². The van der Waals surface area contributed by atoms with Gasteiger partial charge in [0, 0.05) is 5.56 Å². The van der Waals surface area contributed by atoms with Gasteiger partial charge in [0.2, 0.25) is 0 Å². The van der Waals surface area contributed by atoms with Crippen molar-refractivity contribution in [3.05, 3.63) is 64.3 Å². The van der Waals surface area contributed by atoms with Gasteiger partial charge in [-0.25, -0.2) is 0 Å². The van der Waals surface area contributed by atoms with E-state index in [4.69, 9.17) is 0 Å². The van der Waals surface area contributed by atoms with Crippen molar-refractivity contribution in [1.82, 2.24) is 0 Å². The fourth-order valence-corrected chi connectivity index (χ4v) is 3.56. The van der Waals surface area contributed by atoms with Crippen LogP contribution in [0.5, 0.6) is 0 Å². The van der Waals surface area contributed by atoms with Crippen LogP contribution in [-0.2, 0) is 0 Å². The fourth-order valence-electron chi connectivity index (χ4n) is 3.56. The Balaban J connectivity index is 2.27. The van der Waals surface area contributed by atoms with Crippen LogP contribution in [-0.4, -0.2) is 18.4 Å². The van der Waals surface area contributed by atoms with Crippen LogP contribution in [0.4, 0.5) is 0 Å². The third-order valence-corrected chi connectivity index (χ3v) is 4.87. The molecule has 0 saturated carbocycles. The van der Waals surface area contributed by atoms with Crippen LogP contribution in [0.15, 0.2) is 63.7 Å². The maximum absolute atomic E-state index is 9.89. The van der Waals surface area contributed by atoms with Crippen molar-refractivity contribution in [3.63, 3.8) is 0 Å². The van der Waals surface area contributed by atoms with E-state index in [1.807, 2.05) is 30.3 Å². The van der Waals surface area contributed by atoms with E-state index in [0.29, 0.717) is 0 Å². The van der Waals surface area contributed by atoms with E-state index in [1.165, 1.54) is 24.0 Å². The highest BCUT2D eigenvalue weighted by Crippen LogP contribution is 2.34. The number of allylic oxidation sites excluding steroid dienone is 4. The molecule has 2 rings (SSSR count). The number of hydrogen-bond donors (Lipinski definition) is 1. The van der Waals surface area contributed by atoms with Gasteiger partial charge in [-0.2, -0.15) is 0 Å². The molecule has 0 spiro atoms. The minimum atomic E-state index is 0.0309. The zero-order valence-electron chi connectivity index (χ0n) is 15.0. The van der Waals surface area contributed by atoms with E-state index >= 15 is 0 Å². The van der Waals surface area contributed by atoms with Crippen molar-refractivity contribution >= 4 is 12.4 Å². The van der Waals surface area contributed by atoms with Gasteiger partial charge in [-0.15, -0.1) is 0 Å². The first-order valence-corrected chi connectivity index (χ1v) is 9.00. The number of aliphatic hydroxyl groups is 1. The number of benzene rings is 1. The van der Waals surface area contributed by atoms with Crippen LogP contribution in [0, 0.1) is 0 Å². The summed E-state index contributed by atoms with van der Waals surface area (Å²) in [6.07, 6.45) is 8.75. The smallest absolute Gasteiger partial charge is 0.0709 e. The Hall–Kier alpha value is -1.93. The molecule has 0 saturated heterocycles. The van der Waals surface area contributed by atoms with Gasteiger partial charge < -0.3 is 5.11 Å². The molecule has 1 aliphatic carbocycles. The van der Waals surface area contributed by atoms with Gasteiger partial charge in [0.1, 0.15) is 0 Å². The molecule has 1 aliphatic rings. The summed E-state index contributed by atoms with van der Waals surface area (Å²) in [4.78, 5) is 4.21. The normalized spacial score (nSPS) is 15.9. The lowest BCUT2D eigenvalue weighted by Gasteiger charge is -2.22. The number of aliphatic imine (C=N–C) groups is 1. The number of hydrogen-bond acceptors (Lipinski definition) is 2. The summed E-state index contributed by atoms with van der Waals surface area (Å²) in [5, 5.41) is 9.89. The highest BCUT2D eigenvalue weighted by Gasteiger charge is 2.15.